The molecule has 0 aliphatic rings. The molecule has 0 amide bonds. The van der Waals surface area contributed by atoms with E-state index in [4.69, 9.17) is 5.11 Å². The van der Waals surface area contributed by atoms with Crippen LogP contribution in [0.3, 0.4) is 0 Å². The summed E-state index contributed by atoms with van der Waals surface area (Å²) in [7, 11) is 0. The van der Waals surface area contributed by atoms with Crippen molar-refractivity contribution in [2.45, 2.75) is 6.61 Å². The van der Waals surface area contributed by atoms with Crippen LogP contribution in [0.2, 0.25) is 0 Å². The Kier molecular flexibility index (Phi) is 2.83. The highest BCUT2D eigenvalue weighted by Crippen LogP contribution is 2.25. The molecule has 0 unspecified atom stereocenters. The van der Waals surface area contributed by atoms with Gasteiger partial charge in [-0.05, 0) is 12.1 Å². The van der Waals surface area contributed by atoms with Crippen LogP contribution >= 0.6 is 15.9 Å². The van der Waals surface area contributed by atoms with E-state index in [-0.39, 0.29) is 17.9 Å². The number of benzene rings is 1. The fourth-order valence-corrected chi connectivity index (χ4v) is 1.41. The van der Waals surface area contributed by atoms with Crippen molar-refractivity contribution in [2.24, 2.45) is 0 Å². The predicted molar refractivity (Wildman–Crippen MR) is 47.1 cm³/mol. The van der Waals surface area contributed by atoms with Gasteiger partial charge in [-0.15, -0.1) is 0 Å². The van der Waals surface area contributed by atoms with Gasteiger partial charge in [0.15, 0.2) is 6.29 Å². The predicted octanol–water partition coefficient (Wildman–Crippen LogP) is 1.46. The molecule has 0 aromatic heterocycles. The van der Waals surface area contributed by atoms with Gasteiger partial charge in [0.1, 0.15) is 5.75 Å². The molecule has 2 N–H and O–H groups in total. The maximum absolute atomic E-state index is 10.4. The second-order valence-electron chi connectivity index (χ2n) is 2.28. The van der Waals surface area contributed by atoms with Crippen LogP contribution in [0, 0.1) is 0 Å². The van der Waals surface area contributed by atoms with Crippen LogP contribution in [-0.2, 0) is 6.61 Å². The lowest BCUT2D eigenvalue weighted by Crippen LogP contribution is -1.89. The maximum Gasteiger partial charge on any atom is 0.153 e. The smallest absolute Gasteiger partial charge is 0.153 e. The summed E-state index contributed by atoms with van der Waals surface area (Å²) < 4.78 is 0.659. The average Bonchev–Trinajstić information content (AvgIpc) is 2.08. The molecule has 0 saturated carbocycles. The third kappa shape index (κ3) is 1.65. The second kappa shape index (κ2) is 3.69. The lowest BCUT2D eigenvalue weighted by atomic mass is 10.1. The van der Waals surface area contributed by atoms with Gasteiger partial charge >= 0.3 is 0 Å². The molecule has 64 valence electrons. The minimum atomic E-state index is -0.286. The first-order valence-electron chi connectivity index (χ1n) is 3.26. The second-order valence-corrected chi connectivity index (χ2v) is 3.19. The molecule has 0 bridgehead atoms. The van der Waals surface area contributed by atoms with Crippen LogP contribution in [-0.4, -0.2) is 16.5 Å². The highest BCUT2D eigenvalue weighted by atomic mass is 79.9. The van der Waals surface area contributed by atoms with E-state index in [0.717, 1.165) is 0 Å². The van der Waals surface area contributed by atoms with E-state index >= 15 is 0 Å². The zero-order chi connectivity index (χ0) is 9.14. The van der Waals surface area contributed by atoms with E-state index in [2.05, 4.69) is 15.9 Å². The van der Waals surface area contributed by atoms with Crippen molar-refractivity contribution in [1.82, 2.24) is 0 Å². The van der Waals surface area contributed by atoms with Crippen LogP contribution in [0.4, 0.5) is 0 Å². The third-order valence-electron chi connectivity index (χ3n) is 1.48. The van der Waals surface area contributed by atoms with Crippen LogP contribution < -0.4 is 0 Å². The molecule has 0 fully saturated rings. The molecular formula is C8H7BrO3. The molecule has 0 aliphatic heterocycles. The number of rotatable bonds is 2. The average molecular weight is 231 g/mol. The molecule has 12 heavy (non-hydrogen) atoms. The van der Waals surface area contributed by atoms with Gasteiger partial charge in [-0.3, -0.25) is 4.79 Å². The van der Waals surface area contributed by atoms with Crippen LogP contribution in [0.25, 0.3) is 0 Å². The minimum absolute atomic E-state index is 0.157. The topological polar surface area (TPSA) is 57.5 Å². The number of aromatic hydroxyl groups is 1. The van der Waals surface area contributed by atoms with Crippen molar-refractivity contribution >= 4 is 22.2 Å². The molecule has 1 rings (SSSR count). The fraction of sp³-hybridized carbons (Fsp3) is 0.125. The molecule has 3 nitrogen and oxygen atoms in total. The van der Waals surface area contributed by atoms with E-state index < -0.39 is 0 Å². The molecule has 0 saturated heterocycles. The summed E-state index contributed by atoms with van der Waals surface area (Å²) in [5.74, 6) is -0.157. The summed E-state index contributed by atoms with van der Waals surface area (Å²) in [5.41, 5.74) is 0.514. The Morgan fingerprint density at radius 3 is 2.67 bits per heavy atom. The summed E-state index contributed by atoms with van der Waals surface area (Å²) in [6.07, 6.45) is 0.541. The van der Waals surface area contributed by atoms with Crippen LogP contribution in [0.5, 0.6) is 5.75 Å². The van der Waals surface area contributed by atoms with Crippen LogP contribution in [0.1, 0.15) is 15.9 Å². The third-order valence-corrected chi connectivity index (χ3v) is 1.94. The zero-order valence-electron chi connectivity index (χ0n) is 6.12. The van der Waals surface area contributed by atoms with Crippen molar-refractivity contribution in [2.75, 3.05) is 0 Å². The standard InChI is InChI=1S/C8H7BrO3/c9-7-1-5(3-10)8(12)6(2-7)4-11/h1-3,11-12H,4H2. The van der Waals surface area contributed by atoms with Crippen molar-refractivity contribution in [1.29, 1.82) is 0 Å². The number of carbonyl (C=O) groups is 1. The maximum atomic E-state index is 10.4. The van der Waals surface area contributed by atoms with Crippen molar-refractivity contribution in [3.8, 4) is 5.75 Å². The van der Waals surface area contributed by atoms with Crippen molar-refractivity contribution in [3.05, 3.63) is 27.7 Å². The molecule has 0 radical (unpaired) electrons. The monoisotopic (exact) mass is 230 g/mol. The van der Waals surface area contributed by atoms with E-state index in [1.54, 1.807) is 6.07 Å². The molecule has 0 atom stereocenters. The Morgan fingerprint density at radius 2 is 2.17 bits per heavy atom. The lowest BCUT2D eigenvalue weighted by Gasteiger charge is -2.03. The van der Waals surface area contributed by atoms with Gasteiger partial charge in [0, 0.05) is 10.0 Å². The first-order chi connectivity index (χ1) is 5.69. The Balaban J connectivity index is 3.31. The number of carbonyl (C=O) groups excluding carboxylic acids is 1. The van der Waals surface area contributed by atoms with Gasteiger partial charge < -0.3 is 10.2 Å². The minimum Gasteiger partial charge on any atom is -0.507 e. The van der Waals surface area contributed by atoms with Gasteiger partial charge in [0.2, 0.25) is 0 Å². The van der Waals surface area contributed by atoms with E-state index in [1.165, 1.54) is 6.07 Å². The summed E-state index contributed by atoms with van der Waals surface area (Å²) in [4.78, 5) is 10.4. The Morgan fingerprint density at radius 1 is 1.50 bits per heavy atom. The summed E-state index contributed by atoms with van der Waals surface area (Å²) in [6, 6.07) is 3.05. The molecule has 1 aromatic rings. The van der Waals surface area contributed by atoms with Gasteiger partial charge in [0.05, 0.1) is 12.2 Å². The van der Waals surface area contributed by atoms with E-state index in [9.17, 15) is 9.90 Å². The number of aldehydes is 1. The largest absolute Gasteiger partial charge is 0.507 e. The number of halogens is 1. The molecular weight excluding hydrogens is 224 g/mol. The van der Waals surface area contributed by atoms with Gasteiger partial charge in [-0.25, -0.2) is 0 Å². The van der Waals surface area contributed by atoms with Gasteiger partial charge in [-0.2, -0.15) is 0 Å². The van der Waals surface area contributed by atoms with E-state index in [0.29, 0.717) is 16.3 Å². The van der Waals surface area contributed by atoms with Gasteiger partial charge in [-0.1, -0.05) is 15.9 Å². The summed E-state index contributed by atoms with van der Waals surface area (Å²) in [5, 5.41) is 18.1. The number of hydrogen-bond donors (Lipinski definition) is 2. The normalized spacial score (nSPS) is 9.83. The number of phenols is 1. The zero-order valence-corrected chi connectivity index (χ0v) is 7.71. The highest BCUT2D eigenvalue weighted by molar-refractivity contribution is 9.10. The summed E-state index contributed by atoms with van der Waals surface area (Å²) in [6.45, 7) is -0.286. The number of aliphatic hydroxyl groups is 1. The van der Waals surface area contributed by atoms with Gasteiger partial charge in [0.25, 0.3) is 0 Å². The Labute approximate surface area is 77.8 Å². The Hall–Kier alpha value is -0.870. The molecule has 4 heteroatoms. The SMILES string of the molecule is O=Cc1cc(Br)cc(CO)c1O. The quantitative estimate of drug-likeness (QED) is 0.757. The lowest BCUT2D eigenvalue weighted by molar-refractivity contribution is 0.112. The number of hydrogen-bond acceptors (Lipinski definition) is 3. The summed E-state index contributed by atoms with van der Waals surface area (Å²) >= 11 is 3.15. The van der Waals surface area contributed by atoms with Crippen molar-refractivity contribution in [3.63, 3.8) is 0 Å². The molecule has 0 aliphatic carbocycles. The van der Waals surface area contributed by atoms with E-state index in [1.807, 2.05) is 0 Å². The first kappa shape index (κ1) is 9.22. The molecule has 1 aromatic carbocycles. The van der Waals surface area contributed by atoms with Crippen molar-refractivity contribution < 1.29 is 15.0 Å². The fourth-order valence-electron chi connectivity index (χ4n) is 0.889. The molecule has 0 spiro atoms. The number of aliphatic hydroxyl groups excluding tert-OH is 1. The first-order valence-corrected chi connectivity index (χ1v) is 4.05. The Bertz CT molecular complexity index is 309. The van der Waals surface area contributed by atoms with Crippen LogP contribution in [0.15, 0.2) is 16.6 Å². The highest BCUT2D eigenvalue weighted by Gasteiger charge is 2.06. The molecule has 0 heterocycles.